The maximum Gasteiger partial charge on any atom is 0.133 e. The van der Waals surface area contributed by atoms with E-state index >= 15 is 0 Å². The zero-order valence-corrected chi connectivity index (χ0v) is 15.6. The van der Waals surface area contributed by atoms with Crippen LogP contribution in [0.4, 0.5) is 0 Å². The van der Waals surface area contributed by atoms with Crippen LogP contribution in [0.5, 0.6) is 0 Å². The number of aromatic nitrogens is 1. The summed E-state index contributed by atoms with van der Waals surface area (Å²) in [6.07, 6.45) is 3.38. The molecule has 2 aromatic heterocycles. The van der Waals surface area contributed by atoms with Crippen molar-refractivity contribution in [3.63, 3.8) is 0 Å². The second-order valence-electron chi connectivity index (χ2n) is 6.07. The SMILES string of the molecule is Cl.c1csc(-c2ncc(CN3CCC(N4CCNCC4)C3)s2)c1. The number of thiophene rings is 1. The zero-order chi connectivity index (χ0) is 14.8. The van der Waals surface area contributed by atoms with Crippen molar-refractivity contribution in [2.45, 2.75) is 19.0 Å². The molecule has 2 saturated heterocycles. The summed E-state index contributed by atoms with van der Waals surface area (Å²) in [6, 6.07) is 5.01. The minimum Gasteiger partial charge on any atom is -0.314 e. The Balaban J connectivity index is 0.00000156. The van der Waals surface area contributed by atoms with E-state index in [0.29, 0.717) is 0 Å². The summed E-state index contributed by atoms with van der Waals surface area (Å²) in [7, 11) is 0. The Labute approximate surface area is 151 Å². The van der Waals surface area contributed by atoms with Gasteiger partial charge in [-0.25, -0.2) is 4.98 Å². The smallest absolute Gasteiger partial charge is 0.133 e. The maximum atomic E-state index is 4.59. The van der Waals surface area contributed by atoms with E-state index in [-0.39, 0.29) is 12.4 Å². The van der Waals surface area contributed by atoms with Gasteiger partial charge < -0.3 is 5.32 Å². The number of halogens is 1. The predicted octanol–water partition coefficient (Wildman–Crippen LogP) is 2.77. The van der Waals surface area contributed by atoms with Gasteiger partial charge >= 0.3 is 0 Å². The third-order valence-electron chi connectivity index (χ3n) is 4.58. The summed E-state index contributed by atoms with van der Waals surface area (Å²) in [6.45, 7) is 8.22. The summed E-state index contributed by atoms with van der Waals surface area (Å²) >= 11 is 3.62. The average Bonchev–Trinajstić information content (AvgIpc) is 3.30. The topological polar surface area (TPSA) is 31.4 Å². The Morgan fingerprint density at radius 2 is 2.13 bits per heavy atom. The van der Waals surface area contributed by atoms with Gasteiger partial charge in [0.25, 0.3) is 0 Å². The van der Waals surface area contributed by atoms with Gasteiger partial charge in [0.2, 0.25) is 0 Å². The van der Waals surface area contributed by atoms with Gasteiger partial charge in [0.15, 0.2) is 0 Å². The number of nitrogens with one attached hydrogen (secondary N) is 1. The van der Waals surface area contributed by atoms with E-state index in [9.17, 15) is 0 Å². The van der Waals surface area contributed by atoms with E-state index in [2.05, 4.69) is 43.8 Å². The fraction of sp³-hybridized carbons (Fsp3) is 0.562. The molecule has 2 aliphatic rings. The highest BCUT2D eigenvalue weighted by Crippen LogP contribution is 2.30. The second-order valence-corrected chi connectivity index (χ2v) is 8.14. The molecule has 1 N–H and O–H groups in total. The fourth-order valence-corrected chi connectivity index (χ4v) is 5.17. The first-order valence-electron chi connectivity index (χ1n) is 8.04. The van der Waals surface area contributed by atoms with Gasteiger partial charge in [0.1, 0.15) is 5.01 Å². The van der Waals surface area contributed by atoms with Crippen molar-refractivity contribution in [2.75, 3.05) is 39.3 Å². The van der Waals surface area contributed by atoms with Crippen LogP contribution in [0.25, 0.3) is 9.88 Å². The summed E-state index contributed by atoms with van der Waals surface area (Å²) in [5.74, 6) is 0. The molecule has 1 atom stereocenters. The molecule has 1 unspecified atom stereocenters. The van der Waals surface area contributed by atoms with Crippen molar-refractivity contribution in [3.8, 4) is 9.88 Å². The third-order valence-corrected chi connectivity index (χ3v) is 6.60. The number of piperazine rings is 1. The van der Waals surface area contributed by atoms with Crippen molar-refractivity contribution in [3.05, 3.63) is 28.6 Å². The molecule has 0 radical (unpaired) electrons. The Morgan fingerprint density at radius 1 is 1.26 bits per heavy atom. The van der Waals surface area contributed by atoms with Crippen molar-refractivity contribution in [2.24, 2.45) is 0 Å². The monoisotopic (exact) mass is 370 g/mol. The van der Waals surface area contributed by atoms with Crippen LogP contribution in [0.2, 0.25) is 0 Å². The first-order valence-corrected chi connectivity index (χ1v) is 9.74. The van der Waals surface area contributed by atoms with Crippen LogP contribution in [0.15, 0.2) is 23.7 Å². The van der Waals surface area contributed by atoms with Gasteiger partial charge in [0.05, 0.1) is 4.88 Å². The van der Waals surface area contributed by atoms with Crippen LogP contribution in [0.3, 0.4) is 0 Å². The quantitative estimate of drug-likeness (QED) is 0.896. The van der Waals surface area contributed by atoms with Crippen molar-refractivity contribution in [1.82, 2.24) is 20.1 Å². The second kappa shape index (κ2) is 8.05. The average molecular weight is 371 g/mol. The lowest BCUT2D eigenvalue weighted by atomic mass is 10.2. The normalized spacial score (nSPS) is 23.0. The highest BCUT2D eigenvalue weighted by molar-refractivity contribution is 7.20. The molecule has 126 valence electrons. The molecular weight excluding hydrogens is 348 g/mol. The minimum absolute atomic E-state index is 0. The van der Waals surface area contributed by atoms with Crippen LogP contribution < -0.4 is 5.32 Å². The number of likely N-dealkylation sites (tertiary alicyclic amines) is 1. The molecule has 0 aliphatic carbocycles. The molecule has 0 bridgehead atoms. The zero-order valence-electron chi connectivity index (χ0n) is 13.1. The molecular formula is C16H23ClN4S2. The molecule has 0 aromatic carbocycles. The molecule has 2 fully saturated rings. The molecule has 0 spiro atoms. The van der Waals surface area contributed by atoms with Gasteiger partial charge in [-0.2, -0.15) is 0 Å². The standard InChI is InChI=1S/C16H22N4S2.ClH/c1-2-15(21-9-1)16-18-10-14(22-16)12-19-6-3-13(11-19)20-7-4-17-5-8-20;/h1-2,9-10,13,17H,3-8,11-12H2;1H. The van der Waals surface area contributed by atoms with E-state index in [0.717, 1.165) is 25.7 Å². The number of hydrogen-bond acceptors (Lipinski definition) is 6. The minimum atomic E-state index is 0. The van der Waals surface area contributed by atoms with Crippen molar-refractivity contribution >= 4 is 35.1 Å². The highest BCUT2D eigenvalue weighted by Gasteiger charge is 2.28. The van der Waals surface area contributed by atoms with Crippen LogP contribution in [0, 0.1) is 0 Å². The highest BCUT2D eigenvalue weighted by atomic mass is 35.5. The lowest BCUT2D eigenvalue weighted by Gasteiger charge is -2.32. The maximum absolute atomic E-state index is 4.59. The Hall–Kier alpha value is -0.500. The van der Waals surface area contributed by atoms with Crippen LogP contribution in [0.1, 0.15) is 11.3 Å². The first kappa shape index (κ1) is 17.3. The van der Waals surface area contributed by atoms with E-state index in [1.54, 1.807) is 11.3 Å². The van der Waals surface area contributed by atoms with Crippen LogP contribution in [-0.2, 0) is 6.54 Å². The summed E-state index contributed by atoms with van der Waals surface area (Å²) in [5.41, 5.74) is 0. The van der Waals surface area contributed by atoms with E-state index in [1.807, 2.05) is 11.3 Å². The molecule has 4 nitrogen and oxygen atoms in total. The molecule has 0 saturated carbocycles. The lowest BCUT2D eigenvalue weighted by molar-refractivity contribution is 0.170. The fourth-order valence-electron chi connectivity index (χ4n) is 3.42. The van der Waals surface area contributed by atoms with Gasteiger partial charge in [-0.05, 0) is 17.9 Å². The van der Waals surface area contributed by atoms with Crippen molar-refractivity contribution in [1.29, 1.82) is 0 Å². The molecule has 2 aliphatic heterocycles. The summed E-state index contributed by atoms with van der Waals surface area (Å²) in [4.78, 5) is 12.5. The largest absolute Gasteiger partial charge is 0.314 e. The number of nitrogens with zero attached hydrogens (tertiary/aromatic N) is 3. The Kier molecular flexibility index (Phi) is 6.07. The van der Waals surface area contributed by atoms with Gasteiger partial charge in [-0.3, -0.25) is 9.80 Å². The van der Waals surface area contributed by atoms with Crippen LogP contribution in [-0.4, -0.2) is 60.1 Å². The van der Waals surface area contributed by atoms with E-state index in [1.165, 1.54) is 47.4 Å². The lowest BCUT2D eigenvalue weighted by Crippen LogP contribution is -2.49. The van der Waals surface area contributed by atoms with E-state index in [4.69, 9.17) is 0 Å². The molecule has 23 heavy (non-hydrogen) atoms. The molecule has 4 heterocycles. The Bertz CT molecular complexity index is 595. The van der Waals surface area contributed by atoms with E-state index < -0.39 is 0 Å². The van der Waals surface area contributed by atoms with Gasteiger partial charge in [-0.1, -0.05) is 6.07 Å². The molecule has 2 aromatic rings. The molecule has 4 rings (SSSR count). The van der Waals surface area contributed by atoms with Gasteiger partial charge in [-0.15, -0.1) is 35.1 Å². The third kappa shape index (κ3) is 4.13. The number of thiazole rings is 1. The predicted molar refractivity (Wildman–Crippen MR) is 101 cm³/mol. The number of hydrogen-bond donors (Lipinski definition) is 1. The molecule has 7 heteroatoms. The Morgan fingerprint density at radius 3 is 2.91 bits per heavy atom. The van der Waals surface area contributed by atoms with Crippen LogP contribution >= 0.6 is 35.1 Å². The summed E-state index contributed by atoms with van der Waals surface area (Å²) < 4.78 is 0. The number of rotatable bonds is 4. The first-order chi connectivity index (χ1) is 10.9. The van der Waals surface area contributed by atoms with Gasteiger partial charge in [0, 0.05) is 62.9 Å². The summed E-state index contributed by atoms with van der Waals surface area (Å²) in [5, 5.41) is 6.73. The molecule has 0 amide bonds. The van der Waals surface area contributed by atoms with Crippen molar-refractivity contribution < 1.29 is 0 Å².